The molecule has 1 fully saturated rings. The Morgan fingerprint density at radius 2 is 2.26 bits per heavy atom. The van der Waals surface area contributed by atoms with E-state index < -0.39 is 0 Å². The van der Waals surface area contributed by atoms with Crippen LogP contribution in [-0.4, -0.2) is 16.8 Å². The highest BCUT2D eigenvalue weighted by Crippen LogP contribution is 2.37. The van der Waals surface area contributed by atoms with Crippen LogP contribution in [0, 0.1) is 0 Å². The molecule has 0 aliphatic heterocycles. The fourth-order valence-electron chi connectivity index (χ4n) is 2.23. The molecule has 1 atom stereocenters. The number of nitrogens with zero attached hydrogens (tertiary/aromatic N) is 1. The molecule has 2 aromatic rings. The Morgan fingerprint density at radius 3 is 2.79 bits per heavy atom. The van der Waals surface area contributed by atoms with Crippen molar-refractivity contribution < 1.29 is 9.21 Å². The van der Waals surface area contributed by atoms with Gasteiger partial charge in [0.05, 0.1) is 21.5 Å². The minimum Gasteiger partial charge on any atom is -0.467 e. The van der Waals surface area contributed by atoms with E-state index >= 15 is 0 Å². The largest absolute Gasteiger partial charge is 0.467 e. The van der Waals surface area contributed by atoms with Gasteiger partial charge in [0.25, 0.3) is 5.91 Å². The molecule has 5 heteroatoms. The smallest absolute Gasteiger partial charge is 0.264 e. The Balaban J connectivity index is 1.87. The zero-order valence-corrected chi connectivity index (χ0v) is 12.1. The number of amides is 1. The number of carbonyl (C=O) groups excluding carboxylic acids is 1. The van der Waals surface area contributed by atoms with Crippen molar-refractivity contribution in [3.05, 3.63) is 45.5 Å². The van der Waals surface area contributed by atoms with Gasteiger partial charge in [-0.25, -0.2) is 0 Å². The second kappa shape index (κ2) is 5.02. The normalized spacial score (nSPS) is 16.3. The lowest BCUT2D eigenvalue weighted by molar-refractivity contribution is 0.0658. The maximum absolute atomic E-state index is 12.6. The third-order valence-electron chi connectivity index (χ3n) is 3.33. The highest BCUT2D eigenvalue weighted by Gasteiger charge is 2.38. The van der Waals surface area contributed by atoms with Crippen molar-refractivity contribution in [3.8, 4) is 0 Å². The second-order valence-corrected chi connectivity index (χ2v) is 6.45. The molecular weight excluding hydrogens is 282 g/mol. The molecule has 0 N–H and O–H groups in total. The monoisotopic (exact) mass is 295 g/mol. The number of rotatable bonds is 4. The molecule has 100 valence electrons. The predicted octanol–water partition coefficient (Wildman–Crippen LogP) is 4.36. The van der Waals surface area contributed by atoms with Gasteiger partial charge in [-0.3, -0.25) is 4.79 Å². The van der Waals surface area contributed by atoms with Gasteiger partial charge in [-0.1, -0.05) is 11.6 Å². The summed E-state index contributed by atoms with van der Waals surface area (Å²) >= 11 is 7.24. The molecule has 0 radical (unpaired) electrons. The average molecular weight is 296 g/mol. The van der Waals surface area contributed by atoms with E-state index in [0.717, 1.165) is 18.6 Å². The number of carbonyl (C=O) groups is 1. The van der Waals surface area contributed by atoms with Crippen LogP contribution >= 0.6 is 22.9 Å². The van der Waals surface area contributed by atoms with E-state index in [-0.39, 0.29) is 11.9 Å². The van der Waals surface area contributed by atoms with Crippen molar-refractivity contribution in [2.45, 2.75) is 31.8 Å². The first-order valence-corrected chi connectivity index (χ1v) is 7.47. The average Bonchev–Trinajstić information content (AvgIpc) is 2.93. The number of halogens is 1. The molecule has 0 bridgehead atoms. The van der Waals surface area contributed by atoms with Gasteiger partial charge in [-0.05, 0) is 44.0 Å². The summed E-state index contributed by atoms with van der Waals surface area (Å²) in [5.41, 5.74) is 0. The van der Waals surface area contributed by atoms with Crippen LogP contribution in [0.2, 0.25) is 4.34 Å². The molecule has 0 spiro atoms. The molecule has 1 amide bonds. The number of thiophene rings is 1. The highest BCUT2D eigenvalue weighted by atomic mass is 35.5. The summed E-state index contributed by atoms with van der Waals surface area (Å²) in [6, 6.07) is 7.60. The lowest BCUT2D eigenvalue weighted by atomic mass is 10.2. The van der Waals surface area contributed by atoms with E-state index in [0.29, 0.717) is 15.3 Å². The summed E-state index contributed by atoms with van der Waals surface area (Å²) in [7, 11) is 0. The van der Waals surface area contributed by atoms with E-state index in [9.17, 15) is 4.79 Å². The minimum absolute atomic E-state index is 0.0447. The van der Waals surface area contributed by atoms with Crippen molar-refractivity contribution in [2.75, 3.05) is 0 Å². The Morgan fingerprint density at radius 1 is 1.47 bits per heavy atom. The SMILES string of the molecule is C[C@@H](c1ccco1)N(C(=O)c1ccc(Cl)s1)C1CC1. The minimum atomic E-state index is -0.0455. The van der Waals surface area contributed by atoms with E-state index in [1.165, 1.54) is 11.3 Å². The lowest BCUT2D eigenvalue weighted by Crippen LogP contribution is -2.34. The van der Waals surface area contributed by atoms with E-state index in [1.54, 1.807) is 18.4 Å². The molecule has 0 saturated heterocycles. The number of furan rings is 1. The number of hydrogen-bond donors (Lipinski definition) is 0. The fourth-order valence-corrected chi connectivity index (χ4v) is 3.22. The van der Waals surface area contributed by atoms with Gasteiger partial charge < -0.3 is 9.32 Å². The van der Waals surface area contributed by atoms with E-state index in [1.807, 2.05) is 24.0 Å². The highest BCUT2D eigenvalue weighted by molar-refractivity contribution is 7.17. The first-order valence-electron chi connectivity index (χ1n) is 6.28. The Kier molecular flexibility index (Phi) is 3.37. The molecule has 2 heterocycles. The van der Waals surface area contributed by atoms with Crippen molar-refractivity contribution >= 4 is 28.8 Å². The molecule has 1 aliphatic carbocycles. The van der Waals surface area contributed by atoms with Gasteiger partial charge in [0.15, 0.2) is 0 Å². The standard InChI is InChI=1S/C14H14ClNO2S/c1-9(11-3-2-8-18-11)16(10-4-5-10)14(17)12-6-7-13(15)19-12/h2-3,6-10H,4-5H2,1H3/t9-/m0/s1. The molecule has 3 rings (SSSR count). The molecule has 0 unspecified atom stereocenters. The summed E-state index contributed by atoms with van der Waals surface area (Å²) in [5.74, 6) is 0.867. The van der Waals surface area contributed by atoms with Crippen LogP contribution < -0.4 is 0 Å². The predicted molar refractivity (Wildman–Crippen MR) is 75.6 cm³/mol. The topological polar surface area (TPSA) is 33.5 Å². The van der Waals surface area contributed by atoms with Crippen LogP contribution in [-0.2, 0) is 0 Å². The Hall–Kier alpha value is -1.26. The molecule has 3 nitrogen and oxygen atoms in total. The van der Waals surface area contributed by atoms with Gasteiger partial charge in [0.1, 0.15) is 5.76 Å². The summed E-state index contributed by atoms with van der Waals surface area (Å²) in [6.07, 6.45) is 3.77. The van der Waals surface area contributed by atoms with Crippen LogP contribution in [0.4, 0.5) is 0 Å². The number of hydrogen-bond acceptors (Lipinski definition) is 3. The summed E-state index contributed by atoms with van der Waals surface area (Å²) in [6.45, 7) is 2.00. The van der Waals surface area contributed by atoms with Crippen LogP contribution in [0.25, 0.3) is 0 Å². The summed E-state index contributed by atoms with van der Waals surface area (Å²) < 4.78 is 6.07. The van der Waals surface area contributed by atoms with Crippen LogP contribution in [0.1, 0.15) is 41.2 Å². The molecule has 1 saturated carbocycles. The van der Waals surface area contributed by atoms with Crippen molar-refractivity contribution in [1.82, 2.24) is 4.90 Å². The van der Waals surface area contributed by atoms with E-state index in [4.69, 9.17) is 16.0 Å². The molecular formula is C14H14ClNO2S. The first kappa shape index (κ1) is 12.8. The zero-order valence-electron chi connectivity index (χ0n) is 10.5. The Labute approximate surface area is 120 Å². The molecule has 0 aromatic carbocycles. The van der Waals surface area contributed by atoms with Gasteiger partial charge in [0, 0.05) is 6.04 Å². The van der Waals surface area contributed by atoms with Gasteiger partial charge >= 0.3 is 0 Å². The van der Waals surface area contributed by atoms with Crippen LogP contribution in [0.3, 0.4) is 0 Å². The van der Waals surface area contributed by atoms with Crippen LogP contribution in [0.15, 0.2) is 34.9 Å². The molecule has 1 aliphatic rings. The third-order valence-corrected chi connectivity index (χ3v) is 4.55. The van der Waals surface area contributed by atoms with E-state index in [2.05, 4.69) is 0 Å². The fraction of sp³-hybridized carbons (Fsp3) is 0.357. The third kappa shape index (κ3) is 2.55. The van der Waals surface area contributed by atoms with Crippen LogP contribution in [0.5, 0.6) is 0 Å². The van der Waals surface area contributed by atoms with Crippen molar-refractivity contribution in [2.24, 2.45) is 0 Å². The Bertz CT molecular complexity index is 574. The second-order valence-electron chi connectivity index (χ2n) is 4.74. The van der Waals surface area contributed by atoms with Crippen molar-refractivity contribution in [3.63, 3.8) is 0 Å². The first-order chi connectivity index (χ1) is 9.16. The summed E-state index contributed by atoms with van der Waals surface area (Å²) in [5, 5.41) is 0. The summed E-state index contributed by atoms with van der Waals surface area (Å²) in [4.78, 5) is 15.2. The molecule has 19 heavy (non-hydrogen) atoms. The molecule has 2 aromatic heterocycles. The van der Waals surface area contributed by atoms with Gasteiger partial charge in [0.2, 0.25) is 0 Å². The maximum atomic E-state index is 12.6. The lowest BCUT2D eigenvalue weighted by Gasteiger charge is -2.27. The maximum Gasteiger partial charge on any atom is 0.264 e. The van der Waals surface area contributed by atoms with Gasteiger partial charge in [-0.2, -0.15) is 0 Å². The quantitative estimate of drug-likeness (QED) is 0.839. The van der Waals surface area contributed by atoms with Gasteiger partial charge in [-0.15, -0.1) is 11.3 Å². The zero-order chi connectivity index (χ0) is 13.4. The van der Waals surface area contributed by atoms with Crippen molar-refractivity contribution in [1.29, 1.82) is 0 Å².